The molecule has 0 unspecified atom stereocenters. The van der Waals surface area contributed by atoms with Crippen LogP contribution in [0.15, 0.2) is 25.3 Å². The molecule has 0 fully saturated rings. The molecular weight excluding hydrogens is 589 g/mol. The van der Waals surface area contributed by atoms with Gasteiger partial charge in [0.05, 0.1) is 0 Å². The van der Waals surface area contributed by atoms with E-state index in [-0.39, 0.29) is 0 Å². The normalized spacial score (nSPS) is 11.6. The van der Waals surface area contributed by atoms with Crippen LogP contribution in [0.5, 0.6) is 0 Å². The fraction of sp³-hybridized carbons (Fsp3) is 0.918. The van der Waals surface area contributed by atoms with Gasteiger partial charge in [0.2, 0.25) is 0 Å². The summed E-state index contributed by atoms with van der Waals surface area (Å²) in [5.41, 5.74) is 0. The largest absolute Gasteiger partial charge is 0.103 e. The molecule has 0 amide bonds. The van der Waals surface area contributed by atoms with E-state index < -0.39 is 0 Å². The quantitative estimate of drug-likeness (QED) is 0.0442. The van der Waals surface area contributed by atoms with E-state index in [1.54, 1.807) is 0 Å². The smallest absolute Gasteiger partial charge is 0.0353 e. The van der Waals surface area contributed by atoms with Crippen molar-refractivity contribution in [1.82, 2.24) is 0 Å². The molecule has 0 heteroatoms. The van der Waals surface area contributed by atoms with Gasteiger partial charge in [-0.2, -0.15) is 0 Å². The lowest BCUT2D eigenvalue weighted by molar-refractivity contribution is 0.365. The van der Waals surface area contributed by atoms with Gasteiger partial charge in [0.1, 0.15) is 0 Å². The van der Waals surface area contributed by atoms with Gasteiger partial charge in [0, 0.05) is 0 Å². The van der Waals surface area contributed by atoms with Crippen LogP contribution in [0.3, 0.4) is 0 Å². The highest BCUT2D eigenvalue weighted by Gasteiger charge is 2.09. The van der Waals surface area contributed by atoms with Crippen LogP contribution in [0.4, 0.5) is 0 Å². The van der Waals surface area contributed by atoms with Gasteiger partial charge in [-0.1, -0.05) is 269 Å². The van der Waals surface area contributed by atoms with Crippen molar-refractivity contribution in [3.63, 3.8) is 0 Å². The predicted molar refractivity (Wildman–Crippen MR) is 228 cm³/mol. The second-order valence-corrected chi connectivity index (χ2v) is 16.5. The van der Waals surface area contributed by atoms with E-state index >= 15 is 0 Å². The van der Waals surface area contributed by atoms with Crippen molar-refractivity contribution in [2.45, 2.75) is 283 Å². The Labute approximate surface area is 313 Å². The lowest BCUT2D eigenvalue weighted by Crippen LogP contribution is -2.01. The second kappa shape index (κ2) is 45.5. The summed E-state index contributed by atoms with van der Waals surface area (Å²) < 4.78 is 0. The van der Waals surface area contributed by atoms with Crippen LogP contribution in [0.2, 0.25) is 0 Å². The fourth-order valence-electron chi connectivity index (χ4n) is 8.04. The average Bonchev–Trinajstić information content (AvgIpc) is 3.11. The average molecular weight is 685 g/mol. The van der Waals surface area contributed by atoms with Gasteiger partial charge >= 0.3 is 0 Å². The van der Waals surface area contributed by atoms with Crippen LogP contribution >= 0.6 is 0 Å². The Balaban J connectivity index is 3.70. The molecule has 0 aromatic carbocycles. The van der Waals surface area contributed by atoms with Gasteiger partial charge in [-0.15, -0.1) is 13.2 Å². The molecule has 0 bridgehead atoms. The molecule has 0 aliphatic carbocycles. The molecule has 0 aliphatic rings. The SMILES string of the molecule is C=CCCCCCCCCCCCCCCCCCCC(CCCCCCCC)CCCCCCCCCCCCCCCCCCC=C. The van der Waals surface area contributed by atoms with Crippen molar-refractivity contribution in [2.75, 3.05) is 0 Å². The summed E-state index contributed by atoms with van der Waals surface area (Å²) in [6.07, 6.45) is 66.8. The minimum absolute atomic E-state index is 1.03. The lowest BCUT2D eigenvalue weighted by atomic mass is 9.89. The summed E-state index contributed by atoms with van der Waals surface area (Å²) in [5.74, 6) is 1.03. The Morgan fingerprint density at radius 1 is 0.265 bits per heavy atom. The van der Waals surface area contributed by atoms with E-state index in [1.165, 1.54) is 276 Å². The third kappa shape index (κ3) is 43.6. The Bertz CT molecular complexity index is 545. The van der Waals surface area contributed by atoms with Crippen LogP contribution in [0.25, 0.3) is 0 Å². The summed E-state index contributed by atoms with van der Waals surface area (Å²) in [5, 5.41) is 0. The van der Waals surface area contributed by atoms with E-state index in [0.29, 0.717) is 0 Å². The zero-order valence-electron chi connectivity index (χ0n) is 34.6. The van der Waals surface area contributed by atoms with E-state index in [9.17, 15) is 0 Å². The van der Waals surface area contributed by atoms with E-state index in [1.807, 2.05) is 0 Å². The fourth-order valence-corrected chi connectivity index (χ4v) is 8.04. The highest BCUT2D eigenvalue weighted by molar-refractivity contribution is 4.66. The molecular formula is C49H96. The molecule has 0 rings (SSSR count). The minimum Gasteiger partial charge on any atom is -0.103 e. The van der Waals surface area contributed by atoms with Crippen molar-refractivity contribution in [3.8, 4) is 0 Å². The number of rotatable bonds is 45. The van der Waals surface area contributed by atoms with E-state index in [4.69, 9.17) is 0 Å². The standard InChI is InChI=1S/C49H96/c1-4-7-10-13-16-18-20-22-24-26-28-30-32-34-36-38-41-44-47-49(46-43-40-15-12-9-6-3)48-45-42-39-37-35-33-31-29-27-25-23-21-19-17-14-11-8-5-2/h4-5,49H,1-2,6-48H2,3H3. The first-order valence-electron chi connectivity index (χ1n) is 23.6. The molecule has 0 N–H and O–H groups in total. The number of unbranched alkanes of at least 4 members (excludes halogenated alkanes) is 37. The lowest BCUT2D eigenvalue weighted by Gasteiger charge is -2.17. The van der Waals surface area contributed by atoms with Gasteiger partial charge in [-0.3, -0.25) is 0 Å². The van der Waals surface area contributed by atoms with Crippen LogP contribution in [0, 0.1) is 5.92 Å². The zero-order valence-corrected chi connectivity index (χ0v) is 34.6. The van der Waals surface area contributed by atoms with Crippen LogP contribution < -0.4 is 0 Å². The second-order valence-electron chi connectivity index (χ2n) is 16.5. The first kappa shape index (κ1) is 48.5. The van der Waals surface area contributed by atoms with Crippen molar-refractivity contribution in [3.05, 3.63) is 25.3 Å². The first-order valence-corrected chi connectivity index (χ1v) is 23.6. The Morgan fingerprint density at radius 2 is 0.449 bits per heavy atom. The molecule has 0 aromatic rings. The summed E-state index contributed by atoms with van der Waals surface area (Å²) >= 11 is 0. The molecule has 0 aliphatic heterocycles. The summed E-state index contributed by atoms with van der Waals surface area (Å²) in [6.45, 7) is 9.99. The molecule has 0 heterocycles. The zero-order chi connectivity index (χ0) is 35.4. The maximum absolute atomic E-state index is 3.82. The molecule has 0 saturated heterocycles. The maximum atomic E-state index is 3.82. The summed E-state index contributed by atoms with van der Waals surface area (Å²) in [6, 6.07) is 0. The highest BCUT2D eigenvalue weighted by atomic mass is 14.1. The maximum Gasteiger partial charge on any atom is -0.0353 e. The topological polar surface area (TPSA) is 0 Å². The molecule has 292 valence electrons. The predicted octanol–water partition coefficient (Wildman–Crippen LogP) is 18.8. The van der Waals surface area contributed by atoms with E-state index in [0.717, 1.165) is 5.92 Å². The van der Waals surface area contributed by atoms with Crippen molar-refractivity contribution < 1.29 is 0 Å². The van der Waals surface area contributed by atoms with Gasteiger partial charge in [0.25, 0.3) is 0 Å². The Kier molecular flexibility index (Phi) is 45.0. The number of hydrogen-bond donors (Lipinski definition) is 0. The monoisotopic (exact) mass is 685 g/mol. The van der Waals surface area contributed by atoms with Gasteiger partial charge < -0.3 is 0 Å². The van der Waals surface area contributed by atoms with Crippen molar-refractivity contribution in [2.24, 2.45) is 5.92 Å². The van der Waals surface area contributed by atoms with Crippen LogP contribution in [-0.4, -0.2) is 0 Å². The van der Waals surface area contributed by atoms with Gasteiger partial charge in [0.15, 0.2) is 0 Å². The van der Waals surface area contributed by atoms with E-state index in [2.05, 4.69) is 32.2 Å². The molecule has 0 aromatic heterocycles. The molecule has 49 heavy (non-hydrogen) atoms. The number of allylic oxidation sites excluding steroid dienone is 2. The molecule has 0 spiro atoms. The number of hydrogen-bond acceptors (Lipinski definition) is 0. The molecule has 0 atom stereocenters. The highest BCUT2D eigenvalue weighted by Crippen LogP contribution is 2.25. The van der Waals surface area contributed by atoms with Crippen molar-refractivity contribution >= 4 is 0 Å². The Hall–Kier alpha value is -0.520. The van der Waals surface area contributed by atoms with Gasteiger partial charge in [-0.25, -0.2) is 0 Å². The summed E-state index contributed by atoms with van der Waals surface area (Å²) in [4.78, 5) is 0. The molecule has 0 nitrogen and oxygen atoms in total. The van der Waals surface area contributed by atoms with Gasteiger partial charge in [-0.05, 0) is 31.6 Å². The first-order chi connectivity index (χ1) is 24.3. The Morgan fingerprint density at radius 3 is 0.653 bits per heavy atom. The molecule has 0 saturated carbocycles. The summed E-state index contributed by atoms with van der Waals surface area (Å²) in [7, 11) is 0. The third-order valence-electron chi connectivity index (χ3n) is 11.5. The third-order valence-corrected chi connectivity index (χ3v) is 11.5. The van der Waals surface area contributed by atoms with Crippen LogP contribution in [-0.2, 0) is 0 Å². The minimum atomic E-state index is 1.03. The molecule has 0 radical (unpaired) electrons. The van der Waals surface area contributed by atoms with Crippen LogP contribution in [0.1, 0.15) is 283 Å². The van der Waals surface area contributed by atoms with Crippen molar-refractivity contribution in [1.29, 1.82) is 0 Å².